The van der Waals surface area contributed by atoms with E-state index in [1.807, 2.05) is 6.92 Å². The standard InChI is InChI=1S/C10H20N2O2S/c1-2-9(11)7-15(14)8-10(13)12-5-3-4-6-12/h9H,2-8,11H2,1H3. The lowest BCUT2D eigenvalue weighted by molar-refractivity contribution is -0.127. The zero-order valence-electron chi connectivity index (χ0n) is 9.28. The third-order valence-electron chi connectivity index (χ3n) is 2.67. The lowest BCUT2D eigenvalue weighted by atomic mass is 10.3. The van der Waals surface area contributed by atoms with Gasteiger partial charge in [-0.1, -0.05) is 6.92 Å². The summed E-state index contributed by atoms with van der Waals surface area (Å²) >= 11 is 0. The van der Waals surface area contributed by atoms with E-state index in [1.165, 1.54) is 0 Å². The van der Waals surface area contributed by atoms with Crippen molar-refractivity contribution in [3.63, 3.8) is 0 Å². The van der Waals surface area contributed by atoms with Crippen LogP contribution in [0.1, 0.15) is 26.2 Å². The van der Waals surface area contributed by atoms with Crippen LogP contribution in [0.5, 0.6) is 0 Å². The molecule has 0 aliphatic carbocycles. The zero-order valence-corrected chi connectivity index (χ0v) is 10.1. The lowest BCUT2D eigenvalue weighted by Gasteiger charge is -2.15. The molecule has 1 fully saturated rings. The Morgan fingerprint density at radius 2 is 2.07 bits per heavy atom. The average Bonchev–Trinajstić information content (AvgIpc) is 2.70. The highest BCUT2D eigenvalue weighted by atomic mass is 32.2. The maximum absolute atomic E-state index is 11.6. The summed E-state index contributed by atoms with van der Waals surface area (Å²) in [6.45, 7) is 3.62. The number of carbonyl (C=O) groups is 1. The molecule has 4 nitrogen and oxygen atoms in total. The van der Waals surface area contributed by atoms with Crippen molar-refractivity contribution in [1.29, 1.82) is 0 Å². The molecule has 1 aliphatic rings. The van der Waals surface area contributed by atoms with Crippen LogP contribution < -0.4 is 5.73 Å². The summed E-state index contributed by atoms with van der Waals surface area (Å²) in [5.74, 6) is 0.609. The number of rotatable bonds is 5. The van der Waals surface area contributed by atoms with Gasteiger partial charge in [0.15, 0.2) is 0 Å². The van der Waals surface area contributed by atoms with Gasteiger partial charge in [-0.05, 0) is 19.3 Å². The van der Waals surface area contributed by atoms with Crippen molar-refractivity contribution in [3.05, 3.63) is 0 Å². The summed E-state index contributed by atoms with van der Waals surface area (Å²) < 4.78 is 11.6. The van der Waals surface area contributed by atoms with Crippen LogP contribution in [0.3, 0.4) is 0 Å². The smallest absolute Gasteiger partial charge is 0.235 e. The zero-order chi connectivity index (χ0) is 11.3. The maximum atomic E-state index is 11.6. The van der Waals surface area contributed by atoms with Gasteiger partial charge in [-0.2, -0.15) is 0 Å². The topological polar surface area (TPSA) is 63.4 Å². The van der Waals surface area contributed by atoms with E-state index in [2.05, 4.69) is 0 Å². The molecule has 0 aromatic carbocycles. The van der Waals surface area contributed by atoms with Crippen LogP contribution >= 0.6 is 0 Å². The molecule has 1 amide bonds. The molecule has 0 spiro atoms. The Bertz CT molecular complexity index is 240. The van der Waals surface area contributed by atoms with E-state index < -0.39 is 10.8 Å². The largest absolute Gasteiger partial charge is 0.342 e. The SMILES string of the molecule is CCC(N)CS(=O)CC(=O)N1CCCC1. The lowest BCUT2D eigenvalue weighted by Crippen LogP contribution is -2.35. The van der Waals surface area contributed by atoms with Crippen LogP contribution in [0, 0.1) is 0 Å². The summed E-state index contributed by atoms with van der Waals surface area (Å²) in [5.41, 5.74) is 5.69. The average molecular weight is 232 g/mol. The Kier molecular flexibility index (Phi) is 5.25. The molecule has 0 saturated carbocycles. The fraction of sp³-hybridized carbons (Fsp3) is 0.900. The van der Waals surface area contributed by atoms with Crippen LogP contribution in [-0.2, 0) is 15.6 Å². The van der Waals surface area contributed by atoms with Crippen molar-refractivity contribution < 1.29 is 9.00 Å². The fourth-order valence-electron chi connectivity index (χ4n) is 1.61. The number of nitrogens with zero attached hydrogens (tertiary/aromatic N) is 1. The van der Waals surface area contributed by atoms with Gasteiger partial charge in [0.2, 0.25) is 5.91 Å². The maximum Gasteiger partial charge on any atom is 0.235 e. The molecule has 1 rings (SSSR count). The number of likely N-dealkylation sites (tertiary alicyclic amines) is 1. The first-order valence-electron chi connectivity index (χ1n) is 5.51. The molecule has 2 atom stereocenters. The Labute approximate surface area is 93.7 Å². The molecular formula is C10H20N2O2S. The van der Waals surface area contributed by atoms with E-state index in [0.717, 1.165) is 32.4 Å². The van der Waals surface area contributed by atoms with Gasteiger partial charge >= 0.3 is 0 Å². The van der Waals surface area contributed by atoms with Crippen LogP contribution in [-0.4, -0.2) is 45.7 Å². The van der Waals surface area contributed by atoms with Crippen LogP contribution in [0.15, 0.2) is 0 Å². The van der Waals surface area contributed by atoms with Crippen LogP contribution in [0.2, 0.25) is 0 Å². The highest BCUT2D eigenvalue weighted by Gasteiger charge is 2.20. The third kappa shape index (κ3) is 4.30. The van der Waals surface area contributed by atoms with Crippen LogP contribution in [0.4, 0.5) is 0 Å². The summed E-state index contributed by atoms with van der Waals surface area (Å²) in [5, 5.41) is 0. The minimum absolute atomic E-state index is 0.0223. The van der Waals surface area contributed by atoms with Crippen molar-refractivity contribution >= 4 is 16.7 Å². The molecule has 1 aliphatic heterocycles. The van der Waals surface area contributed by atoms with E-state index in [4.69, 9.17) is 5.73 Å². The molecule has 0 bridgehead atoms. The van der Waals surface area contributed by atoms with Gasteiger partial charge < -0.3 is 10.6 Å². The molecule has 2 N–H and O–H groups in total. The molecule has 1 heterocycles. The van der Waals surface area contributed by atoms with Gasteiger partial charge in [-0.25, -0.2) is 0 Å². The molecular weight excluding hydrogens is 212 g/mol. The van der Waals surface area contributed by atoms with E-state index in [-0.39, 0.29) is 17.7 Å². The summed E-state index contributed by atoms with van der Waals surface area (Å²) in [7, 11) is -1.09. The second-order valence-electron chi connectivity index (χ2n) is 4.01. The summed E-state index contributed by atoms with van der Waals surface area (Å²) in [4.78, 5) is 13.4. The minimum atomic E-state index is -1.09. The van der Waals surface area contributed by atoms with Gasteiger partial charge in [-0.15, -0.1) is 0 Å². The quantitative estimate of drug-likeness (QED) is 0.731. The molecule has 2 unspecified atom stereocenters. The van der Waals surface area contributed by atoms with E-state index in [1.54, 1.807) is 4.90 Å². The predicted molar refractivity (Wildman–Crippen MR) is 62.0 cm³/mol. The molecule has 5 heteroatoms. The number of hydrogen-bond donors (Lipinski definition) is 1. The second-order valence-corrected chi connectivity index (χ2v) is 5.51. The van der Waals surface area contributed by atoms with Crippen molar-refractivity contribution in [3.8, 4) is 0 Å². The van der Waals surface area contributed by atoms with Crippen LogP contribution in [0.25, 0.3) is 0 Å². The second kappa shape index (κ2) is 6.23. The highest BCUT2D eigenvalue weighted by molar-refractivity contribution is 7.85. The Balaban J connectivity index is 2.27. The monoisotopic (exact) mass is 232 g/mol. The number of hydrogen-bond acceptors (Lipinski definition) is 3. The van der Waals surface area contributed by atoms with Gasteiger partial charge in [-0.3, -0.25) is 9.00 Å². The fourth-order valence-corrected chi connectivity index (χ4v) is 2.90. The molecule has 0 radical (unpaired) electrons. The molecule has 15 heavy (non-hydrogen) atoms. The third-order valence-corrected chi connectivity index (χ3v) is 4.04. The Hall–Kier alpha value is -0.420. The first-order chi connectivity index (χ1) is 7.13. The number of amides is 1. The van der Waals surface area contributed by atoms with Crippen molar-refractivity contribution in [1.82, 2.24) is 4.90 Å². The summed E-state index contributed by atoms with van der Waals surface area (Å²) in [6, 6.07) is -0.0442. The highest BCUT2D eigenvalue weighted by Crippen LogP contribution is 2.08. The molecule has 88 valence electrons. The predicted octanol–water partition coefficient (Wildman–Crippen LogP) is 0.0948. The van der Waals surface area contributed by atoms with E-state index in [9.17, 15) is 9.00 Å². The normalized spacial score (nSPS) is 20.3. The minimum Gasteiger partial charge on any atom is -0.342 e. The molecule has 0 aromatic rings. The van der Waals surface area contributed by atoms with E-state index in [0.29, 0.717) is 5.75 Å². The molecule has 1 saturated heterocycles. The first-order valence-corrected chi connectivity index (χ1v) is 7.00. The summed E-state index contributed by atoms with van der Waals surface area (Å²) in [6.07, 6.45) is 2.96. The van der Waals surface area contributed by atoms with Gasteiger partial charge in [0.25, 0.3) is 0 Å². The Morgan fingerprint density at radius 3 is 2.60 bits per heavy atom. The number of carbonyl (C=O) groups excluding carboxylic acids is 1. The molecule has 0 aromatic heterocycles. The number of nitrogens with two attached hydrogens (primary N) is 1. The van der Waals surface area contributed by atoms with Gasteiger partial charge in [0.05, 0.1) is 0 Å². The van der Waals surface area contributed by atoms with Crippen molar-refractivity contribution in [2.45, 2.75) is 32.2 Å². The van der Waals surface area contributed by atoms with Crippen molar-refractivity contribution in [2.24, 2.45) is 5.73 Å². The Morgan fingerprint density at radius 1 is 1.47 bits per heavy atom. The van der Waals surface area contributed by atoms with Gasteiger partial charge in [0.1, 0.15) is 5.75 Å². The first kappa shape index (κ1) is 12.6. The van der Waals surface area contributed by atoms with E-state index >= 15 is 0 Å². The van der Waals surface area contributed by atoms with Crippen molar-refractivity contribution in [2.75, 3.05) is 24.6 Å². The van der Waals surface area contributed by atoms with Gasteiger partial charge in [0, 0.05) is 35.7 Å².